The van der Waals surface area contributed by atoms with E-state index >= 15 is 0 Å². The molecular weight excluding hydrogens is 338 g/mol. The Morgan fingerprint density at radius 1 is 1.07 bits per heavy atom. The largest absolute Gasteiger partial charge is 0.495 e. The number of nitrogens with zero attached hydrogens (tertiary/aromatic N) is 2. The summed E-state index contributed by atoms with van der Waals surface area (Å²) in [6.45, 7) is 8.22. The molecule has 5 heteroatoms. The second-order valence-corrected chi connectivity index (χ2v) is 7.26. The monoisotopic (exact) mass is 367 g/mol. The molecule has 3 rings (SSSR count). The van der Waals surface area contributed by atoms with Crippen LogP contribution in [0.2, 0.25) is 0 Å². The van der Waals surface area contributed by atoms with Crippen molar-refractivity contribution in [2.24, 2.45) is 0 Å². The average molecular weight is 367 g/mol. The molecule has 1 aliphatic heterocycles. The zero-order valence-corrected chi connectivity index (χ0v) is 16.4. The van der Waals surface area contributed by atoms with E-state index in [0.29, 0.717) is 12.5 Å². The molecule has 0 unspecified atom stereocenters. The summed E-state index contributed by atoms with van der Waals surface area (Å²) in [6, 6.07) is 16.2. The minimum Gasteiger partial charge on any atom is -0.495 e. The minimum absolute atomic E-state index is 0.0432. The highest BCUT2D eigenvalue weighted by molar-refractivity contribution is 5.92. The summed E-state index contributed by atoms with van der Waals surface area (Å²) >= 11 is 0. The summed E-state index contributed by atoms with van der Waals surface area (Å²) < 4.78 is 5.46. The molecule has 1 N–H and O–H groups in total. The van der Waals surface area contributed by atoms with Crippen molar-refractivity contribution >= 4 is 17.3 Å². The molecule has 0 bridgehead atoms. The summed E-state index contributed by atoms with van der Waals surface area (Å²) in [5.41, 5.74) is 3.23. The number of hydrogen-bond donors (Lipinski definition) is 1. The Bertz CT molecular complexity index is 768. The summed E-state index contributed by atoms with van der Waals surface area (Å²) in [4.78, 5) is 16.9. The number of benzene rings is 2. The van der Waals surface area contributed by atoms with Crippen molar-refractivity contribution in [1.82, 2.24) is 4.90 Å². The van der Waals surface area contributed by atoms with E-state index in [2.05, 4.69) is 47.2 Å². The number of rotatable bonds is 6. The van der Waals surface area contributed by atoms with Gasteiger partial charge in [0.25, 0.3) is 0 Å². The van der Waals surface area contributed by atoms with E-state index in [1.807, 2.05) is 30.3 Å². The van der Waals surface area contributed by atoms with Gasteiger partial charge in [-0.25, -0.2) is 0 Å². The maximum atomic E-state index is 12.4. The summed E-state index contributed by atoms with van der Waals surface area (Å²) in [6.07, 6.45) is 0. The quantitative estimate of drug-likeness (QED) is 0.848. The number of amides is 1. The number of methoxy groups -OCH3 is 1. The molecule has 1 amide bonds. The molecule has 0 aromatic heterocycles. The lowest BCUT2D eigenvalue weighted by molar-refractivity contribution is -0.117. The van der Waals surface area contributed by atoms with Crippen LogP contribution in [-0.2, 0) is 4.79 Å². The molecule has 0 saturated carbocycles. The van der Waals surface area contributed by atoms with E-state index < -0.39 is 0 Å². The number of anilines is 2. The molecule has 1 aliphatic rings. The predicted octanol–water partition coefficient (Wildman–Crippen LogP) is 3.58. The topological polar surface area (TPSA) is 44.8 Å². The van der Waals surface area contributed by atoms with Gasteiger partial charge in [-0.2, -0.15) is 0 Å². The van der Waals surface area contributed by atoms with Crippen molar-refractivity contribution in [1.29, 1.82) is 0 Å². The van der Waals surface area contributed by atoms with Crippen molar-refractivity contribution in [2.45, 2.75) is 19.8 Å². The maximum Gasteiger partial charge on any atom is 0.238 e. The van der Waals surface area contributed by atoms with Gasteiger partial charge in [0, 0.05) is 31.9 Å². The number of carbonyl (C=O) groups is 1. The molecule has 27 heavy (non-hydrogen) atoms. The second kappa shape index (κ2) is 8.91. The summed E-state index contributed by atoms with van der Waals surface area (Å²) in [5, 5.41) is 3.03. The molecule has 1 fully saturated rings. The van der Waals surface area contributed by atoms with Gasteiger partial charge < -0.3 is 15.0 Å². The van der Waals surface area contributed by atoms with Crippen LogP contribution in [0.3, 0.4) is 0 Å². The predicted molar refractivity (Wildman–Crippen MR) is 111 cm³/mol. The van der Waals surface area contributed by atoms with Gasteiger partial charge in [-0.1, -0.05) is 38.1 Å². The normalized spacial score (nSPS) is 15.0. The Morgan fingerprint density at radius 3 is 2.52 bits per heavy atom. The van der Waals surface area contributed by atoms with Gasteiger partial charge in [0.1, 0.15) is 5.75 Å². The minimum atomic E-state index is 0.0432. The van der Waals surface area contributed by atoms with Gasteiger partial charge in [-0.15, -0.1) is 0 Å². The molecule has 0 spiro atoms. The Hall–Kier alpha value is -2.53. The van der Waals surface area contributed by atoms with Crippen molar-refractivity contribution in [3.05, 3.63) is 54.1 Å². The highest BCUT2D eigenvalue weighted by Crippen LogP contribution is 2.28. The molecule has 144 valence electrons. The lowest BCUT2D eigenvalue weighted by Gasteiger charge is -2.36. The van der Waals surface area contributed by atoms with Crippen molar-refractivity contribution in [3.8, 4) is 5.75 Å². The van der Waals surface area contributed by atoms with E-state index in [0.717, 1.165) is 43.3 Å². The molecule has 5 nitrogen and oxygen atoms in total. The highest BCUT2D eigenvalue weighted by Gasteiger charge is 2.21. The van der Waals surface area contributed by atoms with Crippen LogP contribution in [0.25, 0.3) is 0 Å². The van der Waals surface area contributed by atoms with E-state index in [9.17, 15) is 4.79 Å². The van der Waals surface area contributed by atoms with Gasteiger partial charge >= 0.3 is 0 Å². The number of ether oxygens (including phenoxy) is 1. The number of piperazine rings is 1. The van der Waals surface area contributed by atoms with Crippen LogP contribution in [0, 0.1) is 0 Å². The number of carbonyl (C=O) groups excluding carboxylic acids is 1. The third kappa shape index (κ3) is 5.01. The van der Waals surface area contributed by atoms with Crippen molar-refractivity contribution < 1.29 is 9.53 Å². The lowest BCUT2D eigenvalue weighted by Crippen LogP contribution is -2.48. The number of hydrogen-bond acceptors (Lipinski definition) is 4. The Morgan fingerprint density at radius 2 is 1.81 bits per heavy atom. The van der Waals surface area contributed by atoms with Crippen LogP contribution in [0.5, 0.6) is 5.75 Å². The third-order valence-corrected chi connectivity index (χ3v) is 5.00. The van der Waals surface area contributed by atoms with Gasteiger partial charge in [-0.05, 0) is 35.7 Å². The zero-order valence-electron chi connectivity index (χ0n) is 16.4. The van der Waals surface area contributed by atoms with Crippen molar-refractivity contribution in [2.75, 3.05) is 50.1 Å². The first kappa shape index (κ1) is 19.2. The van der Waals surface area contributed by atoms with Crippen LogP contribution in [-0.4, -0.2) is 50.6 Å². The van der Waals surface area contributed by atoms with E-state index in [-0.39, 0.29) is 5.91 Å². The fourth-order valence-electron chi connectivity index (χ4n) is 3.42. The first-order valence-electron chi connectivity index (χ1n) is 9.57. The fourth-order valence-corrected chi connectivity index (χ4v) is 3.42. The van der Waals surface area contributed by atoms with E-state index in [4.69, 9.17) is 4.74 Å². The van der Waals surface area contributed by atoms with Gasteiger partial charge in [0.2, 0.25) is 5.91 Å². The Labute approximate surface area is 161 Å². The standard InChI is InChI=1S/C22H29N3O2/c1-17(2)18-7-6-8-19(15-18)23-22(26)16-24-11-13-25(14-12-24)20-9-4-5-10-21(20)27-3/h4-10,15,17H,11-14,16H2,1-3H3,(H,23,26). The van der Waals surface area contributed by atoms with E-state index in [1.54, 1.807) is 7.11 Å². The fraction of sp³-hybridized carbons (Fsp3) is 0.409. The Balaban J connectivity index is 1.52. The maximum absolute atomic E-state index is 12.4. The smallest absolute Gasteiger partial charge is 0.238 e. The van der Waals surface area contributed by atoms with Crippen molar-refractivity contribution in [3.63, 3.8) is 0 Å². The lowest BCUT2D eigenvalue weighted by atomic mass is 10.0. The first-order chi connectivity index (χ1) is 13.1. The average Bonchev–Trinajstić information content (AvgIpc) is 2.68. The zero-order chi connectivity index (χ0) is 19.2. The Kier molecular flexibility index (Phi) is 6.35. The van der Waals surface area contributed by atoms with Crippen LogP contribution >= 0.6 is 0 Å². The SMILES string of the molecule is COc1ccccc1N1CCN(CC(=O)Nc2cccc(C(C)C)c2)CC1. The molecule has 0 aliphatic carbocycles. The van der Waals surface area contributed by atoms with E-state index in [1.165, 1.54) is 5.56 Å². The molecule has 0 atom stereocenters. The van der Waals surface area contributed by atoms with Gasteiger partial charge in [0.15, 0.2) is 0 Å². The molecule has 1 heterocycles. The molecular formula is C22H29N3O2. The molecule has 1 saturated heterocycles. The number of nitrogens with one attached hydrogen (secondary N) is 1. The first-order valence-corrected chi connectivity index (χ1v) is 9.57. The number of para-hydroxylation sites is 2. The van der Waals surface area contributed by atoms with Crippen LogP contribution in [0.15, 0.2) is 48.5 Å². The highest BCUT2D eigenvalue weighted by atomic mass is 16.5. The summed E-state index contributed by atoms with van der Waals surface area (Å²) in [5.74, 6) is 1.39. The van der Waals surface area contributed by atoms with Gasteiger partial charge in [-0.3, -0.25) is 9.69 Å². The summed E-state index contributed by atoms with van der Waals surface area (Å²) in [7, 11) is 1.70. The third-order valence-electron chi connectivity index (χ3n) is 5.00. The second-order valence-electron chi connectivity index (χ2n) is 7.26. The molecule has 2 aromatic carbocycles. The molecule has 2 aromatic rings. The van der Waals surface area contributed by atoms with Gasteiger partial charge in [0.05, 0.1) is 19.3 Å². The molecule has 0 radical (unpaired) electrons. The van der Waals surface area contributed by atoms with Crippen LogP contribution in [0.1, 0.15) is 25.3 Å². The van der Waals surface area contributed by atoms with Crippen LogP contribution in [0.4, 0.5) is 11.4 Å². The van der Waals surface area contributed by atoms with Crippen LogP contribution < -0.4 is 15.0 Å².